The van der Waals surface area contributed by atoms with Gasteiger partial charge in [-0.2, -0.15) is 5.26 Å². The molecule has 0 aromatic heterocycles. The quantitative estimate of drug-likeness (QED) is 0.826. The fourth-order valence-electron chi connectivity index (χ4n) is 1.29. The van der Waals surface area contributed by atoms with Gasteiger partial charge in [0.15, 0.2) is 0 Å². The fourth-order valence-corrected chi connectivity index (χ4v) is 1.61. The number of nitrogens with zero attached hydrogens (tertiary/aromatic N) is 2. The third kappa shape index (κ3) is 3.68. The Morgan fingerprint density at radius 2 is 2.06 bits per heavy atom. The van der Waals surface area contributed by atoms with Crippen LogP contribution in [0.25, 0.3) is 0 Å². The van der Waals surface area contributed by atoms with Crippen LogP contribution in [0.1, 0.15) is 12.5 Å². The smallest absolute Gasteiger partial charge is 0.0946 e. The van der Waals surface area contributed by atoms with Gasteiger partial charge in [0.2, 0.25) is 0 Å². The third-order valence-electron chi connectivity index (χ3n) is 2.59. The highest BCUT2D eigenvalue weighted by Crippen LogP contribution is 2.22. The molecule has 86 valence electrons. The van der Waals surface area contributed by atoms with E-state index in [2.05, 4.69) is 6.07 Å². The van der Waals surface area contributed by atoms with E-state index in [0.29, 0.717) is 10.0 Å². The SMILES string of the molecule is CC(C#N)N(C)CCc1ccc(Cl)c(Cl)c1. The summed E-state index contributed by atoms with van der Waals surface area (Å²) in [4.78, 5) is 2.00. The molecule has 1 atom stereocenters. The summed E-state index contributed by atoms with van der Waals surface area (Å²) in [6.45, 7) is 2.71. The van der Waals surface area contributed by atoms with Crippen LogP contribution < -0.4 is 0 Å². The van der Waals surface area contributed by atoms with Crippen molar-refractivity contribution in [3.05, 3.63) is 33.8 Å². The summed E-state index contributed by atoms with van der Waals surface area (Å²) >= 11 is 11.8. The molecule has 0 aliphatic rings. The first-order valence-electron chi connectivity index (χ1n) is 5.08. The van der Waals surface area contributed by atoms with Crippen molar-refractivity contribution in [3.8, 4) is 6.07 Å². The van der Waals surface area contributed by atoms with Crippen molar-refractivity contribution in [2.75, 3.05) is 13.6 Å². The van der Waals surface area contributed by atoms with Crippen LogP contribution in [0, 0.1) is 11.3 Å². The predicted molar refractivity (Wildman–Crippen MR) is 67.9 cm³/mol. The van der Waals surface area contributed by atoms with Gasteiger partial charge in [0.25, 0.3) is 0 Å². The van der Waals surface area contributed by atoms with Gasteiger partial charge in [0.05, 0.1) is 22.2 Å². The summed E-state index contributed by atoms with van der Waals surface area (Å²) in [7, 11) is 1.94. The standard InChI is InChI=1S/C12H14Cl2N2/c1-9(8-15)16(2)6-5-10-3-4-11(13)12(14)7-10/h3-4,7,9H,5-6H2,1-2H3. The zero-order chi connectivity index (χ0) is 12.1. The normalized spacial score (nSPS) is 12.5. The van der Waals surface area contributed by atoms with Gasteiger partial charge in [-0.25, -0.2) is 0 Å². The topological polar surface area (TPSA) is 27.0 Å². The highest BCUT2D eigenvalue weighted by atomic mass is 35.5. The molecule has 0 spiro atoms. The molecule has 0 N–H and O–H groups in total. The minimum atomic E-state index is -0.0669. The number of rotatable bonds is 4. The minimum absolute atomic E-state index is 0.0669. The molecule has 0 radical (unpaired) electrons. The van der Waals surface area contributed by atoms with Crippen molar-refractivity contribution in [2.45, 2.75) is 19.4 Å². The van der Waals surface area contributed by atoms with Crippen LogP contribution in [0.2, 0.25) is 10.0 Å². The van der Waals surface area contributed by atoms with Crippen LogP contribution in [-0.4, -0.2) is 24.5 Å². The Morgan fingerprint density at radius 3 is 2.62 bits per heavy atom. The molecular formula is C12H14Cl2N2. The van der Waals surface area contributed by atoms with Crippen LogP contribution in [0.3, 0.4) is 0 Å². The highest BCUT2D eigenvalue weighted by Gasteiger charge is 2.07. The van der Waals surface area contributed by atoms with Crippen molar-refractivity contribution >= 4 is 23.2 Å². The lowest BCUT2D eigenvalue weighted by Gasteiger charge is -2.18. The lowest BCUT2D eigenvalue weighted by molar-refractivity contribution is 0.306. The maximum Gasteiger partial charge on any atom is 0.0946 e. The summed E-state index contributed by atoms with van der Waals surface area (Å²) in [5.41, 5.74) is 1.13. The first-order valence-corrected chi connectivity index (χ1v) is 5.84. The second kappa shape index (κ2) is 6.10. The second-order valence-electron chi connectivity index (χ2n) is 3.78. The minimum Gasteiger partial charge on any atom is -0.291 e. The fraction of sp³-hybridized carbons (Fsp3) is 0.417. The van der Waals surface area contributed by atoms with E-state index in [4.69, 9.17) is 28.5 Å². The van der Waals surface area contributed by atoms with Crippen molar-refractivity contribution < 1.29 is 0 Å². The summed E-state index contributed by atoms with van der Waals surface area (Å²) in [5, 5.41) is 9.90. The van der Waals surface area contributed by atoms with E-state index in [1.54, 1.807) is 6.07 Å². The van der Waals surface area contributed by atoms with Crippen LogP contribution in [0.5, 0.6) is 0 Å². The van der Waals surface area contributed by atoms with E-state index < -0.39 is 0 Å². The molecule has 0 heterocycles. The monoisotopic (exact) mass is 256 g/mol. The molecule has 1 unspecified atom stereocenters. The molecule has 0 aliphatic heterocycles. The van der Waals surface area contributed by atoms with Crippen LogP contribution in [0.4, 0.5) is 0 Å². The van der Waals surface area contributed by atoms with Crippen LogP contribution in [-0.2, 0) is 6.42 Å². The van der Waals surface area contributed by atoms with E-state index in [1.165, 1.54) is 0 Å². The Bertz CT molecular complexity index is 398. The van der Waals surface area contributed by atoms with Gasteiger partial charge in [-0.05, 0) is 38.1 Å². The molecule has 0 aliphatic carbocycles. The van der Waals surface area contributed by atoms with Gasteiger partial charge in [-0.1, -0.05) is 29.3 Å². The number of benzene rings is 1. The first kappa shape index (κ1) is 13.3. The number of halogens is 2. The van der Waals surface area contributed by atoms with E-state index in [-0.39, 0.29) is 6.04 Å². The van der Waals surface area contributed by atoms with Gasteiger partial charge in [-0.3, -0.25) is 4.90 Å². The zero-order valence-electron chi connectivity index (χ0n) is 9.37. The Labute approximate surface area is 106 Å². The molecule has 2 nitrogen and oxygen atoms in total. The molecule has 0 saturated heterocycles. The van der Waals surface area contributed by atoms with E-state index >= 15 is 0 Å². The molecule has 16 heavy (non-hydrogen) atoms. The number of hydrogen-bond acceptors (Lipinski definition) is 2. The molecule has 4 heteroatoms. The van der Waals surface area contributed by atoms with Crippen molar-refractivity contribution in [3.63, 3.8) is 0 Å². The van der Waals surface area contributed by atoms with E-state index in [9.17, 15) is 0 Å². The lowest BCUT2D eigenvalue weighted by atomic mass is 10.1. The molecule has 1 rings (SSSR count). The maximum atomic E-state index is 8.75. The molecule has 0 amide bonds. The third-order valence-corrected chi connectivity index (χ3v) is 3.32. The van der Waals surface area contributed by atoms with Crippen molar-refractivity contribution in [1.29, 1.82) is 5.26 Å². The summed E-state index contributed by atoms with van der Waals surface area (Å²) < 4.78 is 0. The number of nitriles is 1. The van der Waals surface area contributed by atoms with Gasteiger partial charge in [0.1, 0.15) is 0 Å². The Hall–Kier alpha value is -0.750. The number of likely N-dealkylation sites (N-methyl/N-ethyl adjacent to an activating group) is 1. The number of hydrogen-bond donors (Lipinski definition) is 0. The van der Waals surface area contributed by atoms with Gasteiger partial charge in [0, 0.05) is 6.54 Å². The molecule has 0 bridgehead atoms. The Balaban J connectivity index is 2.55. The lowest BCUT2D eigenvalue weighted by Crippen LogP contribution is -2.29. The van der Waals surface area contributed by atoms with Gasteiger partial charge in [-0.15, -0.1) is 0 Å². The second-order valence-corrected chi connectivity index (χ2v) is 4.60. The largest absolute Gasteiger partial charge is 0.291 e. The zero-order valence-corrected chi connectivity index (χ0v) is 10.9. The van der Waals surface area contributed by atoms with Crippen LogP contribution in [0.15, 0.2) is 18.2 Å². The highest BCUT2D eigenvalue weighted by molar-refractivity contribution is 6.42. The predicted octanol–water partition coefficient (Wildman–Crippen LogP) is 3.38. The molecule has 0 fully saturated rings. The van der Waals surface area contributed by atoms with Crippen molar-refractivity contribution in [1.82, 2.24) is 4.90 Å². The van der Waals surface area contributed by atoms with E-state index in [0.717, 1.165) is 18.5 Å². The average molecular weight is 257 g/mol. The van der Waals surface area contributed by atoms with Gasteiger partial charge < -0.3 is 0 Å². The molecule has 1 aromatic carbocycles. The van der Waals surface area contributed by atoms with Crippen molar-refractivity contribution in [2.24, 2.45) is 0 Å². The maximum absolute atomic E-state index is 8.75. The first-order chi connectivity index (χ1) is 7.54. The molecular weight excluding hydrogens is 243 g/mol. The average Bonchev–Trinajstić information content (AvgIpc) is 2.29. The molecule has 0 saturated carbocycles. The Morgan fingerprint density at radius 1 is 1.38 bits per heavy atom. The molecule has 1 aromatic rings. The van der Waals surface area contributed by atoms with Gasteiger partial charge >= 0.3 is 0 Å². The van der Waals surface area contributed by atoms with Crippen LogP contribution >= 0.6 is 23.2 Å². The Kier molecular flexibility index (Phi) is 5.08. The summed E-state index contributed by atoms with van der Waals surface area (Å²) in [6.07, 6.45) is 0.861. The summed E-state index contributed by atoms with van der Waals surface area (Å²) in [6, 6.07) is 7.76. The summed E-state index contributed by atoms with van der Waals surface area (Å²) in [5.74, 6) is 0. The van der Waals surface area contributed by atoms with E-state index in [1.807, 2.05) is 31.0 Å².